The van der Waals surface area contributed by atoms with Crippen molar-refractivity contribution in [2.24, 2.45) is 11.1 Å². The van der Waals surface area contributed by atoms with Gasteiger partial charge in [-0.15, -0.1) is 0 Å². The van der Waals surface area contributed by atoms with Crippen molar-refractivity contribution in [3.63, 3.8) is 0 Å². The van der Waals surface area contributed by atoms with E-state index in [0.29, 0.717) is 13.0 Å². The molecule has 1 aromatic rings. The average Bonchev–Trinajstić information content (AvgIpc) is 2.98. The van der Waals surface area contributed by atoms with Gasteiger partial charge < -0.3 is 16.2 Å². The number of carboxylic acids is 1. The van der Waals surface area contributed by atoms with Crippen LogP contribution in [0.25, 0.3) is 0 Å². The molecular formula is C16H24N2O3S. The number of carbonyl (C=O) groups excluding carboxylic acids is 1. The summed E-state index contributed by atoms with van der Waals surface area (Å²) < 4.78 is 0. The van der Waals surface area contributed by atoms with Crippen LogP contribution in [-0.2, 0) is 16.0 Å². The maximum atomic E-state index is 12.2. The van der Waals surface area contributed by atoms with E-state index in [1.54, 1.807) is 11.3 Å². The zero-order valence-electron chi connectivity index (χ0n) is 12.7. The number of carboxylic acid groups (broad SMARTS) is 1. The van der Waals surface area contributed by atoms with Crippen molar-refractivity contribution in [3.8, 4) is 0 Å². The van der Waals surface area contributed by atoms with Crippen LogP contribution < -0.4 is 11.1 Å². The topological polar surface area (TPSA) is 92.4 Å². The molecule has 0 unspecified atom stereocenters. The number of nitrogens with one attached hydrogen (secondary N) is 1. The Bertz CT molecular complexity index is 495. The lowest BCUT2D eigenvalue weighted by Gasteiger charge is -2.36. The van der Waals surface area contributed by atoms with Gasteiger partial charge in [-0.25, -0.2) is 0 Å². The van der Waals surface area contributed by atoms with Crippen LogP contribution in [0.1, 0.15) is 44.1 Å². The zero-order chi connectivity index (χ0) is 16.0. The maximum absolute atomic E-state index is 12.2. The van der Waals surface area contributed by atoms with E-state index < -0.39 is 12.0 Å². The van der Waals surface area contributed by atoms with Gasteiger partial charge in [0.15, 0.2) is 0 Å². The second-order valence-electron chi connectivity index (χ2n) is 6.29. The van der Waals surface area contributed by atoms with Crippen LogP contribution in [0.5, 0.6) is 0 Å². The Morgan fingerprint density at radius 3 is 2.68 bits per heavy atom. The third-order valence-corrected chi connectivity index (χ3v) is 5.18. The third-order valence-electron chi connectivity index (χ3n) is 4.45. The number of nitrogens with two attached hydrogens (primary N) is 1. The normalized spacial score (nSPS) is 18.6. The SMILES string of the molecule is N[C@H](Cc1ccsc1)C(=O)NCC1(CC(=O)O)CCCCC1. The Morgan fingerprint density at radius 1 is 1.36 bits per heavy atom. The summed E-state index contributed by atoms with van der Waals surface area (Å²) in [6, 6.07) is 1.38. The highest BCUT2D eigenvalue weighted by Gasteiger charge is 2.35. The van der Waals surface area contributed by atoms with Gasteiger partial charge in [-0.05, 0) is 47.1 Å². The van der Waals surface area contributed by atoms with Crippen LogP contribution in [-0.4, -0.2) is 29.6 Å². The lowest BCUT2D eigenvalue weighted by molar-refractivity contribution is -0.140. The molecule has 1 atom stereocenters. The van der Waals surface area contributed by atoms with Crippen molar-refractivity contribution in [3.05, 3.63) is 22.4 Å². The van der Waals surface area contributed by atoms with Gasteiger partial charge >= 0.3 is 5.97 Å². The van der Waals surface area contributed by atoms with Gasteiger partial charge in [-0.3, -0.25) is 9.59 Å². The number of hydrogen-bond donors (Lipinski definition) is 3. The minimum absolute atomic E-state index is 0.118. The number of thiophene rings is 1. The third kappa shape index (κ3) is 4.81. The minimum Gasteiger partial charge on any atom is -0.481 e. The molecule has 5 nitrogen and oxygen atoms in total. The molecule has 1 heterocycles. The van der Waals surface area contributed by atoms with Gasteiger partial charge in [0, 0.05) is 6.54 Å². The van der Waals surface area contributed by atoms with Crippen LogP contribution in [0.4, 0.5) is 0 Å². The van der Waals surface area contributed by atoms with Gasteiger partial charge in [0.25, 0.3) is 0 Å². The van der Waals surface area contributed by atoms with Gasteiger partial charge in [-0.2, -0.15) is 11.3 Å². The molecule has 0 aromatic carbocycles. The largest absolute Gasteiger partial charge is 0.481 e. The Kier molecular flexibility index (Phi) is 5.97. The summed E-state index contributed by atoms with van der Waals surface area (Å²) in [7, 11) is 0. The molecular weight excluding hydrogens is 300 g/mol. The van der Waals surface area contributed by atoms with E-state index in [1.807, 2.05) is 16.8 Å². The van der Waals surface area contributed by atoms with Gasteiger partial charge in [0.05, 0.1) is 12.5 Å². The molecule has 1 fully saturated rings. The molecule has 0 saturated heterocycles. The lowest BCUT2D eigenvalue weighted by Crippen LogP contribution is -2.47. The lowest BCUT2D eigenvalue weighted by atomic mass is 9.71. The molecule has 0 bridgehead atoms. The van der Waals surface area contributed by atoms with E-state index in [1.165, 1.54) is 0 Å². The fraction of sp³-hybridized carbons (Fsp3) is 0.625. The first-order chi connectivity index (χ1) is 10.5. The minimum atomic E-state index is -0.793. The summed E-state index contributed by atoms with van der Waals surface area (Å²) in [5.41, 5.74) is 6.70. The molecule has 2 rings (SSSR count). The summed E-state index contributed by atoms with van der Waals surface area (Å²) >= 11 is 1.58. The van der Waals surface area contributed by atoms with E-state index >= 15 is 0 Å². The molecule has 1 amide bonds. The summed E-state index contributed by atoms with van der Waals surface area (Å²) in [6.45, 7) is 0.412. The van der Waals surface area contributed by atoms with Crippen molar-refractivity contribution in [2.75, 3.05) is 6.54 Å². The van der Waals surface area contributed by atoms with Gasteiger partial charge in [0.1, 0.15) is 0 Å². The molecule has 0 radical (unpaired) electrons. The molecule has 22 heavy (non-hydrogen) atoms. The summed E-state index contributed by atoms with van der Waals surface area (Å²) in [5, 5.41) is 16.0. The molecule has 1 aliphatic rings. The number of hydrogen-bond acceptors (Lipinski definition) is 4. The highest BCUT2D eigenvalue weighted by Crippen LogP contribution is 2.38. The predicted molar refractivity (Wildman–Crippen MR) is 86.8 cm³/mol. The van der Waals surface area contributed by atoms with Crippen LogP contribution >= 0.6 is 11.3 Å². The zero-order valence-corrected chi connectivity index (χ0v) is 13.5. The number of rotatable bonds is 7. The van der Waals surface area contributed by atoms with Crippen molar-refractivity contribution >= 4 is 23.2 Å². The van der Waals surface area contributed by atoms with Crippen LogP contribution in [0, 0.1) is 5.41 Å². The highest BCUT2D eigenvalue weighted by molar-refractivity contribution is 7.07. The number of carbonyl (C=O) groups is 2. The molecule has 1 aliphatic carbocycles. The van der Waals surface area contributed by atoms with Crippen LogP contribution in [0.15, 0.2) is 16.8 Å². The van der Waals surface area contributed by atoms with Crippen molar-refractivity contribution in [1.82, 2.24) is 5.32 Å². The Hall–Kier alpha value is -1.40. The molecule has 1 aromatic heterocycles. The van der Waals surface area contributed by atoms with Gasteiger partial charge in [0.2, 0.25) is 5.91 Å². The molecule has 4 N–H and O–H groups in total. The average molecular weight is 324 g/mol. The highest BCUT2D eigenvalue weighted by atomic mass is 32.1. The first-order valence-electron chi connectivity index (χ1n) is 7.77. The Balaban J connectivity index is 1.87. The standard InChI is InChI=1S/C16H24N2O3S/c17-13(8-12-4-7-22-10-12)15(21)18-11-16(9-14(19)20)5-2-1-3-6-16/h4,7,10,13H,1-3,5-6,8-9,11,17H2,(H,18,21)(H,19,20)/t13-/m1/s1. The second-order valence-corrected chi connectivity index (χ2v) is 7.07. The maximum Gasteiger partial charge on any atom is 0.303 e. The number of amides is 1. The van der Waals surface area contributed by atoms with E-state index in [4.69, 9.17) is 10.8 Å². The first-order valence-corrected chi connectivity index (χ1v) is 8.71. The summed E-state index contributed by atoms with van der Waals surface area (Å²) in [4.78, 5) is 23.3. The first kappa shape index (κ1) is 17.0. The van der Waals surface area contributed by atoms with E-state index in [9.17, 15) is 9.59 Å². The quantitative estimate of drug-likeness (QED) is 0.716. The molecule has 0 spiro atoms. The van der Waals surface area contributed by atoms with Gasteiger partial charge in [-0.1, -0.05) is 19.3 Å². The smallest absolute Gasteiger partial charge is 0.303 e. The van der Waals surface area contributed by atoms with Crippen molar-refractivity contribution in [1.29, 1.82) is 0 Å². The van der Waals surface area contributed by atoms with Crippen LogP contribution in [0.2, 0.25) is 0 Å². The molecule has 6 heteroatoms. The molecule has 0 aliphatic heterocycles. The summed E-state index contributed by atoms with van der Waals surface area (Å²) in [6.07, 6.45) is 5.56. The van der Waals surface area contributed by atoms with E-state index in [-0.39, 0.29) is 17.7 Å². The van der Waals surface area contributed by atoms with E-state index in [2.05, 4.69) is 5.32 Å². The monoisotopic (exact) mass is 324 g/mol. The summed E-state index contributed by atoms with van der Waals surface area (Å²) in [5.74, 6) is -0.986. The Labute approximate surface area is 134 Å². The molecule has 1 saturated carbocycles. The Morgan fingerprint density at radius 2 is 2.09 bits per heavy atom. The molecule has 122 valence electrons. The van der Waals surface area contributed by atoms with E-state index in [0.717, 1.165) is 37.7 Å². The number of aliphatic carboxylic acids is 1. The van der Waals surface area contributed by atoms with Crippen molar-refractivity contribution < 1.29 is 14.7 Å². The fourth-order valence-electron chi connectivity index (χ4n) is 3.20. The second kappa shape index (κ2) is 7.74. The van der Waals surface area contributed by atoms with Crippen LogP contribution in [0.3, 0.4) is 0 Å². The van der Waals surface area contributed by atoms with Crippen molar-refractivity contribution in [2.45, 2.75) is 51.0 Å². The predicted octanol–water partition coefficient (Wildman–Crippen LogP) is 2.16. The fourth-order valence-corrected chi connectivity index (χ4v) is 3.88.